The number of ether oxygens (including phenoxy) is 1. The van der Waals surface area contributed by atoms with Gasteiger partial charge in [0.2, 0.25) is 0 Å². The summed E-state index contributed by atoms with van der Waals surface area (Å²) in [5, 5.41) is 12.6. The van der Waals surface area contributed by atoms with Crippen LogP contribution in [-0.4, -0.2) is 30.3 Å². The van der Waals surface area contributed by atoms with Crippen LogP contribution in [0.15, 0.2) is 42.5 Å². The number of aliphatic hydroxyl groups excluding tert-OH is 1. The fourth-order valence-corrected chi connectivity index (χ4v) is 2.77. The predicted molar refractivity (Wildman–Crippen MR) is 88.2 cm³/mol. The van der Waals surface area contributed by atoms with E-state index in [-0.39, 0.29) is 25.2 Å². The quantitative estimate of drug-likeness (QED) is 0.825. The van der Waals surface area contributed by atoms with Gasteiger partial charge in [-0.15, -0.1) is 11.3 Å². The van der Waals surface area contributed by atoms with Gasteiger partial charge in [0.05, 0.1) is 23.7 Å². The first-order chi connectivity index (χ1) is 10.6. The van der Waals surface area contributed by atoms with Crippen molar-refractivity contribution in [2.45, 2.75) is 26.1 Å². The van der Waals surface area contributed by atoms with E-state index >= 15 is 0 Å². The Morgan fingerprint density at radius 1 is 1.27 bits per heavy atom. The van der Waals surface area contributed by atoms with Gasteiger partial charge in [-0.25, -0.2) is 0 Å². The monoisotopic (exact) mass is 319 g/mol. The van der Waals surface area contributed by atoms with E-state index in [1.165, 1.54) is 11.3 Å². The summed E-state index contributed by atoms with van der Waals surface area (Å²) in [6.45, 7) is 4.25. The van der Waals surface area contributed by atoms with E-state index in [0.717, 1.165) is 10.4 Å². The van der Waals surface area contributed by atoms with Crippen molar-refractivity contribution in [3.8, 4) is 0 Å². The van der Waals surface area contributed by atoms with E-state index in [2.05, 4.69) is 5.32 Å². The maximum atomic E-state index is 11.9. The van der Waals surface area contributed by atoms with Crippen LogP contribution in [0.1, 0.15) is 33.1 Å². The molecule has 0 aliphatic rings. The first-order valence-electron chi connectivity index (χ1n) is 7.25. The number of benzene rings is 1. The molecule has 0 bridgehead atoms. The lowest BCUT2D eigenvalue weighted by Gasteiger charge is -2.17. The Kier molecular flexibility index (Phi) is 6.12. The number of nitrogens with one attached hydrogen (secondary N) is 1. The number of rotatable bonds is 7. The lowest BCUT2D eigenvalue weighted by atomic mass is 10.1. The highest BCUT2D eigenvalue weighted by Crippen LogP contribution is 2.16. The molecule has 0 radical (unpaired) electrons. The van der Waals surface area contributed by atoms with Gasteiger partial charge in [-0.05, 0) is 31.5 Å². The molecule has 1 aromatic heterocycles. The van der Waals surface area contributed by atoms with Crippen molar-refractivity contribution < 1.29 is 14.6 Å². The highest BCUT2D eigenvalue weighted by atomic mass is 32.1. The summed E-state index contributed by atoms with van der Waals surface area (Å²) >= 11 is 1.44. The Balaban J connectivity index is 1.72. The highest BCUT2D eigenvalue weighted by Gasteiger charge is 2.12. The Morgan fingerprint density at radius 2 is 2.00 bits per heavy atom. The van der Waals surface area contributed by atoms with Crippen molar-refractivity contribution in [1.29, 1.82) is 0 Å². The Hall–Kier alpha value is -1.69. The molecule has 2 atom stereocenters. The maximum absolute atomic E-state index is 11.9. The van der Waals surface area contributed by atoms with Crippen LogP contribution >= 0.6 is 11.3 Å². The molecule has 0 saturated heterocycles. The van der Waals surface area contributed by atoms with E-state index in [1.807, 2.05) is 50.2 Å². The van der Waals surface area contributed by atoms with E-state index in [0.29, 0.717) is 4.88 Å². The van der Waals surface area contributed by atoms with Crippen molar-refractivity contribution in [3.63, 3.8) is 0 Å². The first-order valence-corrected chi connectivity index (χ1v) is 8.07. The molecule has 4 nitrogen and oxygen atoms in total. The standard InChI is InChI=1S/C17H21NO3S/c1-12-8-9-16(22-12)17(20)18-10-15(19)11-21-13(2)14-6-4-3-5-7-14/h3-9,13,15,19H,10-11H2,1-2H3,(H,18,20)/t13-,15+/m0/s1. The van der Waals surface area contributed by atoms with Crippen molar-refractivity contribution in [2.24, 2.45) is 0 Å². The Morgan fingerprint density at radius 3 is 2.64 bits per heavy atom. The van der Waals surface area contributed by atoms with Crippen LogP contribution < -0.4 is 5.32 Å². The molecule has 0 spiro atoms. The molecule has 0 fully saturated rings. The fraction of sp³-hybridized carbons (Fsp3) is 0.353. The summed E-state index contributed by atoms with van der Waals surface area (Å²) < 4.78 is 5.63. The molecule has 2 rings (SSSR count). The van der Waals surface area contributed by atoms with E-state index in [9.17, 15) is 9.90 Å². The van der Waals surface area contributed by atoms with Crippen molar-refractivity contribution >= 4 is 17.2 Å². The molecule has 1 aromatic carbocycles. The zero-order chi connectivity index (χ0) is 15.9. The zero-order valence-electron chi connectivity index (χ0n) is 12.8. The number of aryl methyl sites for hydroxylation is 1. The van der Waals surface area contributed by atoms with Crippen molar-refractivity contribution in [2.75, 3.05) is 13.2 Å². The van der Waals surface area contributed by atoms with Crippen LogP contribution in [0.3, 0.4) is 0 Å². The second-order valence-corrected chi connectivity index (χ2v) is 6.45. The molecular weight excluding hydrogens is 298 g/mol. The first kappa shape index (κ1) is 16.7. The molecule has 1 amide bonds. The maximum Gasteiger partial charge on any atom is 0.261 e. The van der Waals surface area contributed by atoms with Gasteiger partial charge in [-0.2, -0.15) is 0 Å². The summed E-state index contributed by atoms with van der Waals surface area (Å²) in [5.74, 6) is -0.159. The second kappa shape index (κ2) is 8.08. The van der Waals surface area contributed by atoms with Gasteiger partial charge in [-0.3, -0.25) is 4.79 Å². The van der Waals surface area contributed by atoms with Gasteiger partial charge in [0.25, 0.3) is 5.91 Å². The molecule has 0 saturated carbocycles. The number of carbonyl (C=O) groups excluding carboxylic acids is 1. The summed E-state index contributed by atoms with van der Waals surface area (Å²) in [6, 6.07) is 13.5. The molecule has 118 valence electrons. The minimum Gasteiger partial charge on any atom is -0.389 e. The Labute approximate surface area is 134 Å². The van der Waals surface area contributed by atoms with Crippen molar-refractivity contribution in [3.05, 3.63) is 57.8 Å². The second-order valence-electron chi connectivity index (χ2n) is 5.16. The number of thiophene rings is 1. The van der Waals surface area contributed by atoms with Crippen LogP contribution in [0.2, 0.25) is 0 Å². The molecule has 0 aliphatic heterocycles. The number of aliphatic hydroxyl groups is 1. The van der Waals surface area contributed by atoms with Crippen LogP contribution in [0.25, 0.3) is 0 Å². The summed E-state index contributed by atoms with van der Waals surface area (Å²) in [7, 11) is 0. The van der Waals surface area contributed by atoms with Gasteiger partial charge >= 0.3 is 0 Å². The fourth-order valence-electron chi connectivity index (χ4n) is 1.99. The van der Waals surface area contributed by atoms with Gasteiger partial charge < -0.3 is 15.2 Å². The highest BCUT2D eigenvalue weighted by molar-refractivity contribution is 7.13. The third kappa shape index (κ3) is 4.94. The van der Waals surface area contributed by atoms with E-state index < -0.39 is 6.10 Å². The largest absolute Gasteiger partial charge is 0.389 e. The molecule has 5 heteroatoms. The van der Waals surface area contributed by atoms with E-state index in [1.54, 1.807) is 6.07 Å². The van der Waals surface area contributed by atoms with Crippen LogP contribution in [0.5, 0.6) is 0 Å². The zero-order valence-corrected chi connectivity index (χ0v) is 13.6. The average Bonchev–Trinajstić information content (AvgIpc) is 2.97. The van der Waals surface area contributed by atoms with Crippen LogP contribution in [0.4, 0.5) is 0 Å². The summed E-state index contributed by atoms with van der Waals surface area (Å²) in [6.07, 6.45) is -0.817. The third-order valence-electron chi connectivity index (χ3n) is 3.27. The number of hydrogen-bond acceptors (Lipinski definition) is 4. The van der Waals surface area contributed by atoms with Crippen LogP contribution in [0, 0.1) is 6.92 Å². The predicted octanol–water partition coefficient (Wildman–Crippen LogP) is 2.93. The molecule has 1 heterocycles. The molecular formula is C17H21NO3S. The average molecular weight is 319 g/mol. The molecule has 0 aliphatic carbocycles. The third-order valence-corrected chi connectivity index (χ3v) is 4.27. The van der Waals surface area contributed by atoms with E-state index in [4.69, 9.17) is 4.74 Å². The minimum atomic E-state index is -0.726. The SMILES string of the molecule is Cc1ccc(C(=O)NC[C@@H](O)CO[C@@H](C)c2ccccc2)s1. The summed E-state index contributed by atoms with van der Waals surface area (Å²) in [5.41, 5.74) is 1.06. The van der Waals surface area contributed by atoms with Gasteiger partial charge in [0, 0.05) is 11.4 Å². The minimum absolute atomic E-state index is 0.0912. The smallest absolute Gasteiger partial charge is 0.261 e. The van der Waals surface area contributed by atoms with Crippen LogP contribution in [-0.2, 0) is 4.74 Å². The van der Waals surface area contributed by atoms with Crippen molar-refractivity contribution in [1.82, 2.24) is 5.32 Å². The number of carbonyl (C=O) groups is 1. The molecule has 2 N–H and O–H groups in total. The van der Waals surface area contributed by atoms with Gasteiger partial charge in [0.1, 0.15) is 0 Å². The molecule has 0 unspecified atom stereocenters. The number of hydrogen-bond donors (Lipinski definition) is 2. The van der Waals surface area contributed by atoms with Gasteiger partial charge in [0.15, 0.2) is 0 Å². The molecule has 2 aromatic rings. The normalized spacial score (nSPS) is 13.6. The number of amides is 1. The van der Waals surface area contributed by atoms with Gasteiger partial charge in [-0.1, -0.05) is 30.3 Å². The summed E-state index contributed by atoms with van der Waals surface area (Å²) in [4.78, 5) is 13.6. The lowest BCUT2D eigenvalue weighted by molar-refractivity contribution is -0.00169. The Bertz CT molecular complexity index is 597. The lowest BCUT2D eigenvalue weighted by Crippen LogP contribution is -2.34. The molecule has 22 heavy (non-hydrogen) atoms. The topological polar surface area (TPSA) is 58.6 Å².